The van der Waals surface area contributed by atoms with Crippen LogP contribution < -0.4 is 5.32 Å². The highest BCUT2D eigenvalue weighted by Gasteiger charge is 2.32. The van der Waals surface area contributed by atoms with Gasteiger partial charge in [-0.05, 0) is 56.5 Å². The minimum absolute atomic E-state index is 0.0365. The van der Waals surface area contributed by atoms with Crippen molar-refractivity contribution < 1.29 is 22.8 Å². The Morgan fingerprint density at radius 1 is 1.25 bits per heavy atom. The predicted molar refractivity (Wildman–Crippen MR) is 102 cm³/mol. The van der Waals surface area contributed by atoms with Crippen molar-refractivity contribution in [2.75, 3.05) is 11.9 Å². The van der Waals surface area contributed by atoms with Gasteiger partial charge in [0.15, 0.2) is 0 Å². The zero-order chi connectivity index (χ0) is 20.5. The third kappa shape index (κ3) is 4.55. The van der Waals surface area contributed by atoms with Crippen molar-refractivity contribution in [3.05, 3.63) is 52.4 Å². The molecule has 4 nitrogen and oxygen atoms in total. The molecule has 28 heavy (non-hydrogen) atoms. The SMILES string of the molecule is CCN(C(=O)c1ccc(NC(=O)C2CC2)s1)C(C)c1cccc(C(F)(F)F)c1. The zero-order valence-electron chi connectivity index (χ0n) is 15.5. The maximum atomic E-state index is 13.0. The first kappa shape index (κ1) is 20.4. The number of amides is 2. The van der Waals surface area contributed by atoms with Gasteiger partial charge in [-0.15, -0.1) is 11.3 Å². The second kappa shape index (κ2) is 7.95. The number of nitrogens with one attached hydrogen (secondary N) is 1. The number of anilines is 1. The minimum Gasteiger partial charge on any atom is -0.331 e. The highest BCUT2D eigenvalue weighted by molar-refractivity contribution is 7.18. The zero-order valence-corrected chi connectivity index (χ0v) is 16.4. The number of nitrogens with zero attached hydrogens (tertiary/aromatic N) is 1. The van der Waals surface area contributed by atoms with Crippen molar-refractivity contribution in [3.8, 4) is 0 Å². The summed E-state index contributed by atoms with van der Waals surface area (Å²) in [6, 6.07) is 7.83. The molecule has 1 aromatic carbocycles. The van der Waals surface area contributed by atoms with E-state index in [2.05, 4.69) is 5.32 Å². The monoisotopic (exact) mass is 410 g/mol. The summed E-state index contributed by atoms with van der Waals surface area (Å²) < 4.78 is 39.0. The summed E-state index contributed by atoms with van der Waals surface area (Å²) in [5.74, 6) is -0.246. The Hall–Kier alpha value is -2.35. The average Bonchev–Trinajstić information content (AvgIpc) is 3.41. The van der Waals surface area contributed by atoms with Crippen LogP contribution in [0.15, 0.2) is 36.4 Å². The van der Waals surface area contributed by atoms with Crippen LogP contribution in [0.4, 0.5) is 18.2 Å². The third-order valence-corrected chi connectivity index (χ3v) is 5.77. The van der Waals surface area contributed by atoms with Crippen LogP contribution in [-0.4, -0.2) is 23.3 Å². The molecule has 2 amide bonds. The van der Waals surface area contributed by atoms with E-state index in [9.17, 15) is 22.8 Å². The number of hydrogen-bond donors (Lipinski definition) is 1. The molecule has 1 atom stereocenters. The summed E-state index contributed by atoms with van der Waals surface area (Å²) in [6.45, 7) is 3.84. The van der Waals surface area contributed by atoms with E-state index in [1.807, 2.05) is 0 Å². The highest BCUT2D eigenvalue weighted by atomic mass is 32.1. The highest BCUT2D eigenvalue weighted by Crippen LogP contribution is 2.34. The maximum absolute atomic E-state index is 13.0. The summed E-state index contributed by atoms with van der Waals surface area (Å²) in [5, 5.41) is 3.40. The van der Waals surface area contributed by atoms with Crippen LogP contribution in [-0.2, 0) is 11.0 Å². The molecule has 8 heteroatoms. The summed E-state index contributed by atoms with van der Waals surface area (Å²) in [7, 11) is 0. The summed E-state index contributed by atoms with van der Waals surface area (Å²) in [4.78, 5) is 26.7. The minimum atomic E-state index is -4.43. The Kier molecular flexibility index (Phi) is 5.79. The Balaban J connectivity index is 1.76. The number of benzene rings is 1. The molecule has 1 fully saturated rings. The van der Waals surface area contributed by atoms with Gasteiger partial charge < -0.3 is 10.2 Å². The second-order valence-electron chi connectivity index (χ2n) is 6.82. The van der Waals surface area contributed by atoms with Crippen molar-refractivity contribution in [1.82, 2.24) is 4.90 Å². The molecule has 1 aromatic heterocycles. The van der Waals surface area contributed by atoms with Crippen molar-refractivity contribution >= 4 is 28.2 Å². The lowest BCUT2D eigenvalue weighted by atomic mass is 10.0. The molecule has 1 heterocycles. The van der Waals surface area contributed by atoms with Crippen LogP contribution >= 0.6 is 11.3 Å². The Morgan fingerprint density at radius 3 is 2.57 bits per heavy atom. The van der Waals surface area contributed by atoms with E-state index in [0.29, 0.717) is 22.0 Å². The van der Waals surface area contributed by atoms with E-state index in [1.165, 1.54) is 22.3 Å². The van der Waals surface area contributed by atoms with E-state index in [0.717, 1.165) is 25.0 Å². The molecule has 2 aromatic rings. The lowest BCUT2D eigenvalue weighted by molar-refractivity contribution is -0.137. The lowest BCUT2D eigenvalue weighted by Gasteiger charge is -2.28. The van der Waals surface area contributed by atoms with Gasteiger partial charge in [0.25, 0.3) is 5.91 Å². The Labute approximate surface area is 165 Å². The quantitative estimate of drug-likeness (QED) is 0.699. The van der Waals surface area contributed by atoms with Gasteiger partial charge in [-0.25, -0.2) is 0 Å². The normalized spacial score (nSPS) is 15.2. The molecule has 0 spiro atoms. The fraction of sp³-hybridized carbons (Fsp3) is 0.400. The Morgan fingerprint density at radius 2 is 1.96 bits per heavy atom. The molecule has 0 radical (unpaired) electrons. The molecule has 0 saturated heterocycles. The molecular weight excluding hydrogens is 389 g/mol. The van der Waals surface area contributed by atoms with Crippen LogP contribution in [0.5, 0.6) is 0 Å². The number of alkyl halides is 3. The van der Waals surface area contributed by atoms with Crippen molar-refractivity contribution in [1.29, 1.82) is 0 Å². The fourth-order valence-corrected chi connectivity index (χ4v) is 3.84. The van der Waals surface area contributed by atoms with Crippen LogP contribution in [0.25, 0.3) is 0 Å². The van der Waals surface area contributed by atoms with Crippen molar-refractivity contribution in [2.24, 2.45) is 5.92 Å². The van der Waals surface area contributed by atoms with Gasteiger partial charge in [0.05, 0.1) is 21.5 Å². The number of rotatable bonds is 6. The van der Waals surface area contributed by atoms with Crippen LogP contribution in [0.1, 0.15) is 53.5 Å². The van der Waals surface area contributed by atoms with E-state index >= 15 is 0 Å². The summed E-state index contributed by atoms with van der Waals surface area (Å²) in [5.41, 5.74) is -0.314. The smallest absolute Gasteiger partial charge is 0.331 e. The van der Waals surface area contributed by atoms with Gasteiger partial charge in [-0.1, -0.05) is 12.1 Å². The van der Waals surface area contributed by atoms with E-state index in [1.54, 1.807) is 32.0 Å². The molecule has 0 aliphatic heterocycles. The van der Waals surface area contributed by atoms with Gasteiger partial charge in [0, 0.05) is 12.5 Å². The number of carbonyl (C=O) groups excluding carboxylic acids is 2. The average molecular weight is 410 g/mol. The van der Waals surface area contributed by atoms with Gasteiger partial charge >= 0.3 is 6.18 Å². The third-order valence-electron chi connectivity index (χ3n) is 4.78. The molecule has 0 bridgehead atoms. The maximum Gasteiger partial charge on any atom is 0.416 e. The summed E-state index contributed by atoms with van der Waals surface area (Å²) >= 11 is 1.18. The summed E-state index contributed by atoms with van der Waals surface area (Å²) in [6.07, 6.45) is -2.65. The molecule has 1 saturated carbocycles. The van der Waals surface area contributed by atoms with Crippen molar-refractivity contribution in [2.45, 2.75) is 38.9 Å². The van der Waals surface area contributed by atoms with Crippen LogP contribution in [0, 0.1) is 5.92 Å². The van der Waals surface area contributed by atoms with Crippen LogP contribution in [0.3, 0.4) is 0 Å². The molecule has 1 unspecified atom stereocenters. The van der Waals surface area contributed by atoms with E-state index < -0.39 is 17.8 Å². The number of carbonyl (C=O) groups is 2. The first-order chi connectivity index (χ1) is 13.2. The molecule has 150 valence electrons. The first-order valence-electron chi connectivity index (χ1n) is 9.09. The van der Waals surface area contributed by atoms with E-state index in [4.69, 9.17) is 0 Å². The second-order valence-corrected chi connectivity index (χ2v) is 7.90. The molecule has 1 aliphatic rings. The Bertz CT molecular complexity index is 874. The molecule has 1 N–H and O–H groups in total. The van der Waals surface area contributed by atoms with E-state index in [-0.39, 0.29) is 17.7 Å². The molecule has 3 rings (SSSR count). The standard InChI is InChI=1S/C20H21F3N2O2S/c1-3-25(12(2)14-5-4-6-15(11-14)20(21,22)23)19(27)16-9-10-17(28-16)24-18(26)13-7-8-13/h4-6,9-13H,3,7-8H2,1-2H3,(H,24,26). The topological polar surface area (TPSA) is 49.4 Å². The van der Waals surface area contributed by atoms with Gasteiger partial charge in [0.2, 0.25) is 5.91 Å². The van der Waals surface area contributed by atoms with Crippen molar-refractivity contribution in [3.63, 3.8) is 0 Å². The lowest BCUT2D eigenvalue weighted by Crippen LogP contribution is -2.33. The van der Waals surface area contributed by atoms with Gasteiger partial charge in [0.1, 0.15) is 0 Å². The van der Waals surface area contributed by atoms with Gasteiger partial charge in [-0.3, -0.25) is 9.59 Å². The molecular formula is C20H21F3N2O2S. The fourth-order valence-electron chi connectivity index (χ4n) is 2.98. The first-order valence-corrected chi connectivity index (χ1v) is 9.91. The number of halogens is 3. The largest absolute Gasteiger partial charge is 0.416 e. The van der Waals surface area contributed by atoms with Crippen LogP contribution in [0.2, 0.25) is 0 Å². The number of hydrogen-bond acceptors (Lipinski definition) is 3. The van der Waals surface area contributed by atoms with Gasteiger partial charge in [-0.2, -0.15) is 13.2 Å². The molecule has 1 aliphatic carbocycles. The number of thiophene rings is 1. The predicted octanol–water partition coefficient (Wildman–Crippen LogP) is 5.34.